The van der Waals surface area contributed by atoms with E-state index < -0.39 is 40.1 Å². The van der Waals surface area contributed by atoms with Gasteiger partial charge < -0.3 is 15.2 Å². The number of nitrogens with zero attached hydrogens (tertiary/aromatic N) is 1. The minimum Gasteiger partial charge on any atom is -0.451 e. The molecule has 2 fully saturated rings. The average Bonchev–Trinajstić information content (AvgIpc) is 3.34. The topological polar surface area (TPSA) is 113 Å². The fraction of sp³-hybridized carbons (Fsp3) is 0.579. The summed E-state index contributed by atoms with van der Waals surface area (Å²) in [7, 11) is -4.00. The smallest absolute Gasteiger partial charge is 0.325 e. The first kappa shape index (κ1) is 20.8. The van der Waals surface area contributed by atoms with Gasteiger partial charge in [0.15, 0.2) is 6.10 Å². The van der Waals surface area contributed by atoms with E-state index >= 15 is 0 Å². The van der Waals surface area contributed by atoms with Crippen molar-refractivity contribution in [3.05, 3.63) is 29.3 Å². The SMILES string of the molecule is Cc1ccc(S(=O)(=O)N2C[C@H](O)C[C@H]2C(=O)O[C@@H](C)C(=O)NC2CC2)cc1C. The summed E-state index contributed by atoms with van der Waals surface area (Å²) in [6.45, 7) is 4.93. The van der Waals surface area contributed by atoms with Gasteiger partial charge in [-0.2, -0.15) is 4.31 Å². The number of hydrogen-bond donors (Lipinski definition) is 2. The molecule has 1 heterocycles. The lowest BCUT2D eigenvalue weighted by atomic mass is 10.1. The first-order valence-corrected chi connectivity index (χ1v) is 10.8. The molecule has 8 nitrogen and oxygen atoms in total. The van der Waals surface area contributed by atoms with E-state index in [4.69, 9.17) is 4.74 Å². The van der Waals surface area contributed by atoms with Crippen molar-refractivity contribution in [1.29, 1.82) is 0 Å². The third kappa shape index (κ3) is 4.37. The number of hydrogen-bond acceptors (Lipinski definition) is 6. The molecule has 3 atom stereocenters. The molecule has 0 aromatic heterocycles. The molecule has 2 aliphatic rings. The Morgan fingerprint density at radius 3 is 2.54 bits per heavy atom. The van der Waals surface area contributed by atoms with Crippen molar-refractivity contribution < 1.29 is 27.9 Å². The van der Waals surface area contributed by atoms with Gasteiger partial charge in [0.1, 0.15) is 6.04 Å². The number of benzene rings is 1. The molecule has 0 unspecified atom stereocenters. The number of carbonyl (C=O) groups excluding carboxylic acids is 2. The molecule has 1 aromatic rings. The summed E-state index contributed by atoms with van der Waals surface area (Å²) in [6.07, 6.45) is -0.266. The van der Waals surface area contributed by atoms with Gasteiger partial charge in [0.05, 0.1) is 11.0 Å². The third-order valence-corrected chi connectivity index (χ3v) is 7.05. The van der Waals surface area contributed by atoms with E-state index in [0.717, 1.165) is 28.3 Å². The van der Waals surface area contributed by atoms with Crippen LogP contribution in [0.4, 0.5) is 0 Å². The van der Waals surface area contributed by atoms with E-state index in [0.29, 0.717) is 0 Å². The maximum atomic E-state index is 13.1. The van der Waals surface area contributed by atoms with Crippen LogP contribution in [-0.2, 0) is 24.3 Å². The lowest BCUT2D eigenvalue weighted by Crippen LogP contribution is -2.44. The van der Waals surface area contributed by atoms with Crippen LogP contribution in [0.15, 0.2) is 23.1 Å². The van der Waals surface area contributed by atoms with Crippen LogP contribution >= 0.6 is 0 Å². The summed E-state index contributed by atoms with van der Waals surface area (Å²) in [6, 6.07) is 3.69. The lowest BCUT2D eigenvalue weighted by Gasteiger charge is -2.24. The molecule has 154 valence electrons. The van der Waals surface area contributed by atoms with Crippen molar-refractivity contribution in [3.63, 3.8) is 0 Å². The molecule has 0 spiro atoms. The Morgan fingerprint density at radius 2 is 1.93 bits per heavy atom. The first-order chi connectivity index (χ1) is 13.1. The zero-order chi connectivity index (χ0) is 20.6. The number of aryl methyl sites for hydroxylation is 2. The molecule has 9 heteroatoms. The maximum absolute atomic E-state index is 13.1. The number of aliphatic hydroxyl groups is 1. The highest BCUT2D eigenvalue weighted by molar-refractivity contribution is 7.89. The number of sulfonamides is 1. The van der Waals surface area contributed by atoms with E-state index in [1.54, 1.807) is 19.1 Å². The normalized spacial score (nSPS) is 24.0. The molecule has 1 aromatic carbocycles. The second-order valence-corrected chi connectivity index (χ2v) is 9.48. The van der Waals surface area contributed by atoms with E-state index in [1.807, 2.05) is 6.92 Å². The van der Waals surface area contributed by atoms with Crippen molar-refractivity contribution in [3.8, 4) is 0 Å². The van der Waals surface area contributed by atoms with Crippen molar-refractivity contribution in [2.45, 2.75) is 69.2 Å². The summed E-state index contributed by atoms with van der Waals surface area (Å²) in [5.74, 6) is -1.24. The number of β-amino-alcohol motifs (C(OH)–C–C–N with tert-alkyl or cyclic N) is 1. The number of carbonyl (C=O) groups is 2. The number of aliphatic hydroxyl groups excluding tert-OH is 1. The van der Waals surface area contributed by atoms with Crippen molar-refractivity contribution in [2.75, 3.05) is 6.54 Å². The van der Waals surface area contributed by atoms with Crippen LogP contribution < -0.4 is 5.32 Å². The van der Waals surface area contributed by atoms with Crippen LogP contribution in [0, 0.1) is 13.8 Å². The molecule has 28 heavy (non-hydrogen) atoms. The molecule has 1 aliphatic carbocycles. The Labute approximate surface area is 164 Å². The first-order valence-electron chi connectivity index (χ1n) is 9.37. The molecule has 2 N–H and O–H groups in total. The van der Waals surface area contributed by atoms with Gasteiger partial charge in [-0.3, -0.25) is 9.59 Å². The quantitative estimate of drug-likeness (QED) is 0.666. The average molecular weight is 410 g/mol. The molecule has 1 aliphatic heterocycles. The molecular formula is C19H26N2O6S. The molecule has 3 rings (SSSR count). The molecule has 1 saturated carbocycles. The predicted molar refractivity (Wildman–Crippen MR) is 101 cm³/mol. The molecule has 0 bridgehead atoms. The van der Waals surface area contributed by atoms with Gasteiger partial charge >= 0.3 is 5.97 Å². The Hall–Kier alpha value is -1.97. The van der Waals surface area contributed by atoms with Crippen LogP contribution in [0.1, 0.15) is 37.3 Å². The number of ether oxygens (including phenoxy) is 1. The van der Waals surface area contributed by atoms with E-state index in [2.05, 4.69) is 5.32 Å². The highest BCUT2D eigenvalue weighted by Gasteiger charge is 2.45. The van der Waals surface area contributed by atoms with E-state index in [1.165, 1.54) is 13.0 Å². The molecular weight excluding hydrogens is 384 g/mol. The summed E-state index contributed by atoms with van der Waals surface area (Å²) in [4.78, 5) is 24.7. The Bertz CT molecular complexity index is 880. The van der Waals surface area contributed by atoms with Crippen LogP contribution in [0.5, 0.6) is 0 Å². The number of nitrogens with one attached hydrogen (secondary N) is 1. The fourth-order valence-corrected chi connectivity index (χ4v) is 4.84. The zero-order valence-electron chi connectivity index (χ0n) is 16.2. The predicted octanol–water partition coefficient (Wildman–Crippen LogP) is 0.638. The van der Waals surface area contributed by atoms with Gasteiger partial charge in [-0.15, -0.1) is 0 Å². The summed E-state index contributed by atoms with van der Waals surface area (Å²) < 4.78 is 32.3. The number of rotatable bonds is 6. The lowest BCUT2D eigenvalue weighted by molar-refractivity contribution is -0.158. The molecule has 1 amide bonds. The Morgan fingerprint density at radius 1 is 1.25 bits per heavy atom. The van der Waals surface area contributed by atoms with Gasteiger partial charge in [0, 0.05) is 19.0 Å². The number of esters is 1. The molecule has 0 radical (unpaired) electrons. The van der Waals surface area contributed by atoms with E-state index in [9.17, 15) is 23.1 Å². The summed E-state index contributed by atoms with van der Waals surface area (Å²) >= 11 is 0. The van der Waals surface area contributed by atoms with Gasteiger partial charge in [0.25, 0.3) is 5.91 Å². The monoisotopic (exact) mass is 410 g/mol. The van der Waals surface area contributed by atoms with E-state index in [-0.39, 0.29) is 23.9 Å². The van der Waals surface area contributed by atoms with Gasteiger partial charge in [-0.1, -0.05) is 6.07 Å². The standard InChI is InChI=1S/C19H26N2O6S/c1-11-4-7-16(8-12(11)2)28(25,26)21-10-15(22)9-17(21)19(24)27-13(3)18(23)20-14-5-6-14/h4,7-8,13-15,17,22H,5-6,9-10H2,1-3H3,(H,20,23)/t13-,15+,17-/m0/s1. The Balaban J connectivity index is 1.76. The van der Waals surface area contributed by atoms with Crippen molar-refractivity contribution in [1.82, 2.24) is 9.62 Å². The van der Waals surface area contributed by atoms with Crippen molar-refractivity contribution >= 4 is 21.9 Å². The van der Waals surface area contributed by atoms with Gasteiger partial charge in [0.2, 0.25) is 10.0 Å². The second kappa shape index (κ2) is 7.81. The minimum absolute atomic E-state index is 0.0574. The van der Waals surface area contributed by atoms with Crippen LogP contribution in [0.3, 0.4) is 0 Å². The largest absolute Gasteiger partial charge is 0.451 e. The van der Waals surface area contributed by atoms with Gasteiger partial charge in [-0.25, -0.2) is 8.42 Å². The maximum Gasteiger partial charge on any atom is 0.325 e. The highest BCUT2D eigenvalue weighted by Crippen LogP contribution is 2.28. The van der Waals surface area contributed by atoms with Crippen LogP contribution in [0.2, 0.25) is 0 Å². The Kier molecular flexibility index (Phi) is 5.79. The third-order valence-electron chi connectivity index (χ3n) is 5.18. The zero-order valence-corrected chi connectivity index (χ0v) is 17.0. The summed E-state index contributed by atoms with van der Waals surface area (Å²) in [5, 5.41) is 12.7. The molecule has 1 saturated heterocycles. The highest BCUT2D eigenvalue weighted by atomic mass is 32.2. The van der Waals surface area contributed by atoms with Crippen LogP contribution in [-0.4, -0.2) is 60.5 Å². The summed E-state index contributed by atoms with van der Waals surface area (Å²) in [5.41, 5.74) is 1.76. The van der Waals surface area contributed by atoms with Crippen LogP contribution in [0.25, 0.3) is 0 Å². The minimum atomic E-state index is -4.00. The van der Waals surface area contributed by atoms with Gasteiger partial charge in [-0.05, 0) is 56.9 Å². The fourth-order valence-electron chi connectivity index (χ4n) is 3.13. The number of amides is 1. The van der Waals surface area contributed by atoms with Crippen molar-refractivity contribution in [2.24, 2.45) is 0 Å². The second-order valence-electron chi connectivity index (χ2n) is 7.59.